The first-order chi connectivity index (χ1) is 14.3. The van der Waals surface area contributed by atoms with Crippen LogP contribution in [-0.2, 0) is 0 Å². The number of aromatic nitrogens is 1. The van der Waals surface area contributed by atoms with Crippen molar-refractivity contribution < 1.29 is 4.79 Å². The summed E-state index contributed by atoms with van der Waals surface area (Å²) in [7, 11) is 0. The van der Waals surface area contributed by atoms with E-state index in [4.69, 9.17) is 0 Å². The molecule has 0 radical (unpaired) electrons. The summed E-state index contributed by atoms with van der Waals surface area (Å²) in [5.41, 5.74) is 6.88. The number of rotatable bonds is 2. The van der Waals surface area contributed by atoms with Gasteiger partial charge in [0.1, 0.15) is 0 Å². The average Bonchev–Trinajstić information content (AvgIpc) is 3.30. The van der Waals surface area contributed by atoms with Gasteiger partial charge in [-0.3, -0.25) is 4.79 Å². The van der Waals surface area contributed by atoms with E-state index in [0.29, 0.717) is 0 Å². The van der Waals surface area contributed by atoms with Gasteiger partial charge >= 0.3 is 0 Å². The highest BCUT2D eigenvalue weighted by molar-refractivity contribution is 6.24. The monoisotopic (exact) mass is 371 g/mol. The second-order valence-electron chi connectivity index (χ2n) is 7.37. The zero-order valence-electron chi connectivity index (χ0n) is 15.7. The van der Waals surface area contributed by atoms with E-state index >= 15 is 0 Å². The Bertz CT molecular complexity index is 1400. The highest BCUT2D eigenvalue weighted by Gasteiger charge is 2.33. The molecule has 4 aromatic carbocycles. The van der Waals surface area contributed by atoms with Crippen molar-refractivity contribution in [2.24, 2.45) is 0 Å². The van der Waals surface area contributed by atoms with Crippen molar-refractivity contribution in [2.75, 3.05) is 0 Å². The summed E-state index contributed by atoms with van der Waals surface area (Å²) in [6.45, 7) is 0. The Labute approximate surface area is 168 Å². The fourth-order valence-corrected chi connectivity index (χ4v) is 4.48. The Balaban J connectivity index is 1.77. The van der Waals surface area contributed by atoms with E-state index in [2.05, 4.69) is 65.2 Å². The minimum atomic E-state index is 0.103. The Morgan fingerprint density at radius 1 is 0.552 bits per heavy atom. The maximum atomic E-state index is 13.2. The molecule has 0 fully saturated rings. The summed E-state index contributed by atoms with van der Waals surface area (Å²) >= 11 is 0. The molecule has 1 aliphatic carbocycles. The number of hydrogen-bond donors (Lipinski definition) is 0. The number of benzene rings is 4. The highest BCUT2D eigenvalue weighted by atomic mass is 16.1. The van der Waals surface area contributed by atoms with Gasteiger partial charge in [0.05, 0.1) is 5.69 Å². The standard InChI is InChI=1S/C27H17NO/c29-27-23-15-7-6-14-21(23)25-24(27)17-28(19-11-2-1-3-12-19)26(25)22-16-8-10-18-9-4-5-13-20(18)22/h1-17H. The molecule has 0 atom stereocenters. The van der Waals surface area contributed by atoms with E-state index in [1.807, 2.05) is 42.6 Å². The fraction of sp³-hybridized carbons (Fsp3) is 0. The Hall–Kier alpha value is -3.91. The number of nitrogens with zero attached hydrogens (tertiary/aromatic N) is 1. The first-order valence-electron chi connectivity index (χ1n) is 9.76. The molecule has 136 valence electrons. The van der Waals surface area contributed by atoms with Gasteiger partial charge in [-0.05, 0) is 28.5 Å². The van der Waals surface area contributed by atoms with E-state index < -0.39 is 0 Å². The van der Waals surface area contributed by atoms with Crippen LogP contribution in [0.5, 0.6) is 0 Å². The molecule has 5 aromatic rings. The van der Waals surface area contributed by atoms with Gasteiger partial charge in [-0.25, -0.2) is 0 Å². The van der Waals surface area contributed by atoms with Crippen LogP contribution in [0.4, 0.5) is 0 Å². The van der Waals surface area contributed by atoms with Crippen LogP contribution in [0.3, 0.4) is 0 Å². The molecule has 0 saturated heterocycles. The lowest BCUT2D eigenvalue weighted by molar-refractivity contribution is 0.104. The second-order valence-corrected chi connectivity index (χ2v) is 7.37. The van der Waals surface area contributed by atoms with E-state index in [1.165, 1.54) is 10.8 Å². The van der Waals surface area contributed by atoms with Crippen molar-refractivity contribution in [2.45, 2.75) is 0 Å². The van der Waals surface area contributed by atoms with E-state index in [9.17, 15) is 4.79 Å². The fourth-order valence-electron chi connectivity index (χ4n) is 4.48. The predicted molar refractivity (Wildman–Crippen MR) is 118 cm³/mol. The molecule has 0 amide bonds. The van der Waals surface area contributed by atoms with Crippen LogP contribution in [0.15, 0.2) is 103 Å². The summed E-state index contributed by atoms with van der Waals surface area (Å²) in [5.74, 6) is 0.103. The van der Waals surface area contributed by atoms with Crippen molar-refractivity contribution in [1.29, 1.82) is 0 Å². The van der Waals surface area contributed by atoms with Gasteiger partial charge in [0.2, 0.25) is 0 Å². The summed E-state index contributed by atoms with van der Waals surface area (Å²) in [4.78, 5) is 13.2. The third-order valence-electron chi connectivity index (χ3n) is 5.77. The van der Waals surface area contributed by atoms with Crippen molar-refractivity contribution in [1.82, 2.24) is 4.57 Å². The Morgan fingerprint density at radius 3 is 2.07 bits per heavy atom. The molecule has 29 heavy (non-hydrogen) atoms. The molecular formula is C27H17NO. The van der Waals surface area contributed by atoms with Crippen molar-refractivity contribution in [3.8, 4) is 28.1 Å². The Morgan fingerprint density at radius 2 is 1.21 bits per heavy atom. The first-order valence-corrected chi connectivity index (χ1v) is 9.76. The second kappa shape index (κ2) is 6.05. The van der Waals surface area contributed by atoms with E-state index in [0.717, 1.165) is 39.2 Å². The summed E-state index contributed by atoms with van der Waals surface area (Å²) in [5, 5.41) is 2.38. The minimum Gasteiger partial charge on any atom is -0.315 e. The number of hydrogen-bond acceptors (Lipinski definition) is 1. The zero-order valence-corrected chi connectivity index (χ0v) is 15.7. The number of para-hydroxylation sites is 1. The van der Waals surface area contributed by atoms with E-state index in [1.54, 1.807) is 0 Å². The molecule has 0 saturated carbocycles. The molecule has 1 heterocycles. The van der Waals surface area contributed by atoms with Gasteiger partial charge in [0.15, 0.2) is 5.78 Å². The third-order valence-corrected chi connectivity index (χ3v) is 5.77. The van der Waals surface area contributed by atoms with Crippen LogP contribution in [0.2, 0.25) is 0 Å². The largest absolute Gasteiger partial charge is 0.315 e. The van der Waals surface area contributed by atoms with Crippen LogP contribution in [0.25, 0.3) is 38.8 Å². The molecule has 6 rings (SSSR count). The van der Waals surface area contributed by atoms with Gasteiger partial charge in [-0.15, -0.1) is 0 Å². The van der Waals surface area contributed by atoms with Crippen molar-refractivity contribution in [3.63, 3.8) is 0 Å². The van der Waals surface area contributed by atoms with E-state index in [-0.39, 0.29) is 5.78 Å². The number of ketones is 1. The molecule has 1 aliphatic rings. The van der Waals surface area contributed by atoms with Crippen LogP contribution < -0.4 is 0 Å². The topological polar surface area (TPSA) is 22.0 Å². The summed E-state index contributed by atoms with van der Waals surface area (Å²) in [6.07, 6.45) is 2.00. The molecule has 0 spiro atoms. The maximum absolute atomic E-state index is 13.2. The van der Waals surface area contributed by atoms with Gasteiger partial charge in [-0.2, -0.15) is 0 Å². The van der Waals surface area contributed by atoms with Crippen molar-refractivity contribution >= 4 is 16.6 Å². The average molecular weight is 371 g/mol. The highest BCUT2D eigenvalue weighted by Crippen LogP contribution is 2.46. The molecule has 2 heteroatoms. The van der Waals surface area contributed by atoms with Crippen LogP contribution >= 0.6 is 0 Å². The maximum Gasteiger partial charge on any atom is 0.195 e. The van der Waals surface area contributed by atoms with Crippen LogP contribution in [0.1, 0.15) is 15.9 Å². The lowest BCUT2D eigenvalue weighted by atomic mass is 9.97. The van der Waals surface area contributed by atoms with Crippen LogP contribution in [-0.4, -0.2) is 10.4 Å². The molecule has 0 N–H and O–H groups in total. The first kappa shape index (κ1) is 16.1. The molecule has 0 aliphatic heterocycles. The van der Waals surface area contributed by atoms with Gasteiger partial charge in [0.25, 0.3) is 0 Å². The van der Waals surface area contributed by atoms with Gasteiger partial charge in [0, 0.05) is 34.1 Å². The molecule has 2 nitrogen and oxygen atoms in total. The zero-order chi connectivity index (χ0) is 19.4. The summed E-state index contributed by atoms with van der Waals surface area (Å²) in [6, 6.07) is 33.0. The SMILES string of the molecule is O=C1c2ccccc2-c2c1cn(-c1ccccc1)c2-c1cccc2ccccc12. The van der Waals surface area contributed by atoms with Gasteiger partial charge < -0.3 is 4.57 Å². The Kier molecular flexibility index (Phi) is 3.35. The minimum absolute atomic E-state index is 0.103. The lowest BCUT2D eigenvalue weighted by Crippen LogP contribution is -1.99. The van der Waals surface area contributed by atoms with Crippen molar-refractivity contribution in [3.05, 3.63) is 114 Å². The lowest BCUT2D eigenvalue weighted by Gasteiger charge is -2.14. The molecule has 1 aromatic heterocycles. The molecule has 0 bridgehead atoms. The number of carbonyl (C=O) groups is 1. The number of fused-ring (bicyclic) bond motifs is 4. The normalized spacial score (nSPS) is 12.2. The number of carbonyl (C=O) groups excluding carboxylic acids is 1. The van der Waals surface area contributed by atoms with Crippen LogP contribution in [0, 0.1) is 0 Å². The third kappa shape index (κ3) is 2.26. The van der Waals surface area contributed by atoms with Gasteiger partial charge in [-0.1, -0.05) is 84.9 Å². The smallest absolute Gasteiger partial charge is 0.195 e. The molecule has 0 unspecified atom stereocenters. The quantitative estimate of drug-likeness (QED) is 0.340. The predicted octanol–water partition coefficient (Wildman–Crippen LogP) is 6.51. The molecular weight excluding hydrogens is 354 g/mol. The summed E-state index contributed by atoms with van der Waals surface area (Å²) < 4.78 is 2.17.